The van der Waals surface area contributed by atoms with Gasteiger partial charge < -0.3 is 15.4 Å². The Morgan fingerprint density at radius 3 is 3.00 bits per heavy atom. The van der Waals surface area contributed by atoms with E-state index >= 15 is 0 Å². The molecule has 1 amide bonds. The predicted molar refractivity (Wildman–Crippen MR) is 84.6 cm³/mol. The van der Waals surface area contributed by atoms with Crippen LogP contribution < -0.4 is 15.4 Å². The molecule has 0 spiro atoms. The van der Waals surface area contributed by atoms with Crippen LogP contribution in [0.4, 0.5) is 5.69 Å². The van der Waals surface area contributed by atoms with Crippen LogP contribution in [0.25, 0.3) is 0 Å². The van der Waals surface area contributed by atoms with Crippen molar-refractivity contribution in [2.24, 2.45) is 0 Å². The van der Waals surface area contributed by atoms with Gasteiger partial charge in [-0.1, -0.05) is 18.0 Å². The number of hydrogen-bond acceptors (Lipinski definition) is 3. The van der Waals surface area contributed by atoms with Crippen LogP contribution in [0.1, 0.15) is 26.2 Å². The van der Waals surface area contributed by atoms with Gasteiger partial charge in [-0.25, -0.2) is 0 Å². The lowest BCUT2D eigenvalue weighted by atomic mass is 10.0. The Hall–Kier alpha value is -0.780. The van der Waals surface area contributed by atoms with Gasteiger partial charge in [-0.05, 0) is 54.4 Å². The number of piperidine rings is 1. The maximum absolute atomic E-state index is 12.3. The molecule has 0 aliphatic carbocycles. The third kappa shape index (κ3) is 3.87. The second kappa shape index (κ2) is 7.29. The highest BCUT2D eigenvalue weighted by Gasteiger charge is 2.22. The first-order valence-electron chi connectivity index (χ1n) is 6.78. The second-order valence-electron chi connectivity index (χ2n) is 4.69. The first-order valence-corrected chi connectivity index (χ1v) is 7.95. The van der Waals surface area contributed by atoms with E-state index in [0.29, 0.717) is 23.1 Å². The Morgan fingerprint density at radius 1 is 1.55 bits per heavy atom. The molecule has 1 aromatic carbocycles. The van der Waals surface area contributed by atoms with Gasteiger partial charge in [0, 0.05) is 5.02 Å². The Labute approximate surface area is 132 Å². The van der Waals surface area contributed by atoms with E-state index in [1.807, 2.05) is 6.92 Å². The van der Waals surface area contributed by atoms with E-state index in [4.69, 9.17) is 16.3 Å². The number of hydrogen-bond donors (Lipinski definition) is 2. The Bertz CT molecular complexity index is 490. The van der Waals surface area contributed by atoms with Gasteiger partial charge in [0.1, 0.15) is 0 Å². The standard InChI is InChI=1S/C14H18BrClN2O2/c1-2-20-13-10(15)7-9(16)8-12(13)18-14(19)11-5-3-4-6-17-11/h7-8,11,17H,2-6H2,1H3,(H,18,19)/t11-/m1/s1. The number of amides is 1. The van der Waals surface area contributed by atoms with Crippen molar-refractivity contribution < 1.29 is 9.53 Å². The van der Waals surface area contributed by atoms with E-state index in [9.17, 15) is 4.79 Å². The predicted octanol–water partition coefficient (Wildman–Crippen LogP) is 3.58. The number of rotatable bonds is 4. The molecule has 1 fully saturated rings. The molecule has 20 heavy (non-hydrogen) atoms. The zero-order valence-electron chi connectivity index (χ0n) is 11.3. The fraction of sp³-hybridized carbons (Fsp3) is 0.500. The molecular weight excluding hydrogens is 344 g/mol. The fourth-order valence-electron chi connectivity index (χ4n) is 2.24. The SMILES string of the molecule is CCOc1c(Br)cc(Cl)cc1NC(=O)[C@H]1CCCCN1. The molecule has 1 heterocycles. The Morgan fingerprint density at radius 2 is 2.35 bits per heavy atom. The van der Waals surface area contributed by atoms with Crippen LogP contribution >= 0.6 is 27.5 Å². The summed E-state index contributed by atoms with van der Waals surface area (Å²) in [6.45, 7) is 3.30. The zero-order valence-corrected chi connectivity index (χ0v) is 13.7. The number of benzene rings is 1. The molecule has 0 aromatic heterocycles. The summed E-state index contributed by atoms with van der Waals surface area (Å²) in [5, 5.41) is 6.68. The minimum absolute atomic E-state index is 0.0418. The van der Waals surface area contributed by atoms with Crippen molar-refractivity contribution >= 4 is 39.1 Å². The number of carbonyl (C=O) groups is 1. The number of halogens is 2. The second-order valence-corrected chi connectivity index (χ2v) is 5.98. The molecule has 2 N–H and O–H groups in total. The number of carbonyl (C=O) groups excluding carboxylic acids is 1. The molecule has 6 heteroatoms. The van der Waals surface area contributed by atoms with Crippen LogP contribution in [0, 0.1) is 0 Å². The van der Waals surface area contributed by atoms with E-state index < -0.39 is 0 Å². The van der Waals surface area contributed by atoms with Gasteiger partial charge in [-0.2, -0.15) is 0 Å². The highest BCUT2D eigenvalue weighted by Crippen LogP contribution is 2.36. The molecule has 0 saturated carbocycles. The first kappa shape index (κ1) is 15.6. The number of nitrogens with one attached hydrogen (secondary N) is 2. The third-order valence-electron chi connectivity index (χ3n) is 3.18. The molecule has 110 valence electrons. The molecule has 4 nitrogen and oxygen atoms in total. The summed E-state index contributed by atoms with van der Waals surface area (Å²) in [5.74, 6) is 0.570. The zero-order chi connectivity index (χ0) is 14.5. The molecule has 0 radical (unpaired) electrons. The summed E-state index contributed by atoms with van der Waals surface area (Å²) in [4.78, 5) is 12.3. The number of ether oxygens (including phenoxy) is 1. The van der Waals surface area contributed by atoms with E-state index in [1.165, 1.54) is 0 Å². The van der Waals surface area contributed by atoms with Gasteiger partial charge in [0.25, 0.3) is 0 Å². The lowest BCUT2D eigenvalue weighted by molar-refractivity contribution is -0.118. The average molecular weight is 362 g/mol. The lowest BCUT2D eigenvalue weighted by Crippen LogP contribution is -2.43. The van der Waals surface area contributed by atoms with Crippen molar-refractivity contribution in [2.45, 2.75) is 32.2 Å². The monoisotopic (exact) mass is 360 g/mol. The molecule has 0 unspecified atom stereocenters. The van der Waals surface area contributed by atoms with Crippen LogP contribution in [0.15, 0.2) is 16.6 Å². The lowest BCUT2D eigenvalue weighted by Gasteiger charge is -2.23. The highest BCUT2D eigenvalue weighted by molar-refractivity contribution is 9.10. The topological polar surface area (TPSA) is 50.4 Å². The smallest absolute Gasteiger partial charge is 0.241 e. The van der Waals surface area contributed by atoms with E-state index in [-0.39, 0.29) is 11.9 Å². The van der Waals surface area contributed by atoms with Crippen LogP contribution in [-0.4, -0.2) is 25.1 Å². The van der Waals surface area contributed by atoms with Gasteiger partial charge in [0.15, 0.2) is 5.75 Å². The quantitative estimate of drug-likeness (QED) is 0.862. The largest absolute Gasteiger partial charge is 0.491 e. The maximum Gasteiger partial charge on any atom is 0.241 e. The van der Waals surface area contributed by atoms with E-state index in [2.05, 4.69) is 26.6 Å². The van der Waals surface area contributed by atoms with E-state index in [0.717, 1.165) is 30.3 Å². The van der Waals surface area contributed by atoms with Crippen molar-refractivity contribution in [1.82, 2.24) is 5.32 Å². The van der Waals surface area contributed by atoms with Crippen molar-refractivity contribution in [3.8, 4) is 5.75 Å². The highest BCUT2D eigenvalue weighted by atomic mass is 79.9. The van der Waals surface area contributed by atoms with E-state index in [1.54, 1.807) is 12.1 Å². The molecule has 2 rings (SSSR count). The Kier molecular flexibility index (Phi) is 5.69. The summed E-state index contributed by atoms with van der Waals surface area (Å²) in [6.07, 6.45) is 3.05. The van der Waals surface area contributed by atoms with Gasteiger partial charge in [0.05, 0.1) is 22.8 Å². The summed E-state index contributed by atoms with van der Waals surface area (Å²) in [6, 6.07) is 3.31. The number of anilines is 1. The summed E-state index contributed by atoms with van der Waals surface area (Å²) >= 11 is 9.45. The minimum atomic E-state index is -0.143. The van der Waals surface area contributed by atoms with Crippen LogP contribution in [0.5, 0.6) is 5.75 Å². The van der Waals surface area contributed by atoms with Crippen LogP contribution in [0.3, 0.4) is 0 Å². The van der Waals surface area contributed by atoms with Crippen molar-refractivity contribution in [3.63, 3.8) is 0 Å². The fourth-order valence-corrected chi connectivity index (χ4v) is 3.16. The summed E-state index contributed by atoms with van der Waals surface area (Å²) in [7, 11) is 0. The van der Waals surface area contributed by atoms with Crippen molar-refractivity contribution in [1.29, 1.82) is 0 Å². The van der Waals surface area contributed by atoms with Gasteiger partial charge >= 0.3 is 0 Å². The van der Waals surface area contributed by atoms with Crippen LogP contribution in [0.2, 0.25) is 5.02 Å². The van der Waals surface area contributed by atoms with Gasteiger partial charge in [0.2, 0.25) is 5.91 Å². The Balaban J connectivity index is 2.16. The molecule has 0 bridgehead atoms. The molecule has 1 aromatic rings. The van der Waals surface area contributed by atoms with Gasteiger partial charge in [-0.15, -0.1) is 0 Å². The molecule has 1 aliphatic heterocycles. The average Bonchev–Trinajstić information content (AvgIpc) is 2.43. The third-order valence-corrected chi connectivity index (χ3v) is 3.99. The molecule has 1 aliphatic rings. The van der Waals surface area contributed by atoms with Crippen molar-refractivity contribution in [2.75, 3.05) is 18.5 Å². The first-order chi connectivity index (χ1) is 9.61. The molecule has 1 atom stereocenters. The van der Waals surface area contributed by atoms with Gasteiger partial charge in [-0.3, -0.25) is 4.79 Å². The summed E-state index contributed by atoms with van der Waals surface area (Å²) in [5.41, 5.74) is 0.601. The molecule has 1 saturated heterocycles. The normalized spacial score (nSPS) is 18.6. The molecular formula is C14H18BrClN2O2. The minimum Gasteiger partial charge on any atom is -0.491 e. The van der Waals surface area contributed by atoms with Crippen LogP contribution in [-0.2, 0) is 4.79 Å². The summed E-state index contributed by atoms with van der Waals surface area (Å²) < 4.78 is 6.31. The maximum atomic E-state index is 12.3. The van der Waals surface area contributed by atoms with Crippen molar-refractivity contribution in [3.05, 3.63) is 21.6 Å².